The van der Waals surface area contributed by atoms with Crippen molar-refractivity contribution in [3.8, 4) is 5.88 Å². The molecule has 0 fully saturated rings. The van der Waals surface area contributed by atoms with Gasteiger partial charge in [0.25, 0.3) is 0 Å². The van der Waals surface area contributed by atoms with Crippen LogP contribution in [-0.2, 0) is 6.42 Å². The van der Waals surface area contributed by atoms with E-state index in [9.17, 15) is 5.11 Å². The van der Waals surface area contributed by atoms with E-state index >= 15 is 0 Å². The molecule has 90 valence electrons. The molecular formula is C12H12ClNO2S. The molecule has 2 heterocycles. The van der Waals surface area contributed by atoms with Crippen LogP contribution >= 0.6 is 22.9 Å². The van der Waals surface area contributed by atoms with Crippen molar-refractivity contribution in [1.29, 1.82) is 0 Å². The molecule has 17 heavy (non-hydrogen) atoms. The fraction of sp³-hybridized carbons (Fsp3) is 0.250. The molecule has 2 aromatic rings. The van der Waals surface area contributed by atoms with Gasteiger partial charge in [0, 0.05) is 23.6 Å². The summed E-state index contributed by atoms with van der Waals surface area (Å²) in [5, 5.41) is 10.0. The molecule has 0 aliphatic heterocycles. The van der Waals surface area contributed by atoms with E-state index in [1.54, 1.807) is 25.4 Å². The summed E-state index contributed by atoms with van der Waals surface area (Å²) in [4.78, 5) is 4.96. The second kappa shape index (κ2) is 5.49. The summed E-state index contributed by atoms with van der Waals surface area (Å²) in [6.45, 7) is 0. The minimum Gasteiger partial charge on any atom is -0.481 e. The zero-order valence-electron chi connectivity index (χ0n) is 9.26. The van der Waals surface area contributed by atoms with Crippen molar-refractivity contribution in [3.63, 3.8) is 0 Å². The van der Waals surface area contributed by atoms with Crippen molar-refractivity contribution < 1.29 is 9.84 Å². The SMILES string of the molecule is COc1ccc(CC(O)c2ccc(Cl)s2)cn1. The fourth-order valence-corrected chi connectivity index (χ4v) is 2.53. The van der Waals surface area contributed by atoms with E-state index in [0.29, 0.717) is 16.6 Å². The number of hydrogen-bond donors (Lipinski definition) is 1. The molecule has 0 amide bonds. The van der Waals surface area contributed by atoms with E-state index in [0.717, 1.165) is 10.4 Å². The minimum absolute atomic E-state index is 0.522. The third-order valence-corrected chi connectivity index (χ3v) is 3.69. The molecule has 2 rings (SSSR count). The lowest BCUT2D eigenvalue weighted by atomic mass is 10.1. The Kier molecular flexibility index (Phi) is 3.99. The standard InChI is InChI=1S/C12H12ClNO2S/c1-16-12-5-2-8(7-14-12)6-9(15)10-3-4-11(13)17-10/h2-5,7,9,15H,6H2,1H3. The van der Waals surface area contributed by atoms with E-state index < -0.39 is 6.10 Å². The Hall–Kier alpha value is -1.10. The van der Waals surface area contributed by atoms with Gasteiger partial charge in [0.1, 0.15) is 0 Å². The maximum atomic E-state index is 10.0. The number of aromatic nitrogens is 1. The Morgan fingerprint density at radius 3 is 2.76 bits per heavy atom. The Bertz CT molecular complexity index is 484. The first-order valence-electron chi connectivity index (χ1n) is 5.11. The lowest BCUT2D eigenvalue weighted by Crippen LogP contribution is -2.00. The lowest BCUT2D eigenvalue weighted by Gasteiger charge is -2.08. The summed E-state index contributed by atoms with van der Waals surface area (Å²) in [7, 11) is 1.57. The Balaban J connectivity index is 2.04. The molecule has 0 spiro atoms. The number of aliphatic hydroxyl groups is 1. The summed E-state index contributed by atoms with van der Waals surface area (Å²) >= 11 is 7.22. The average Bonchev–Trinajstić information content (AvgIpc) is 2.77. The van der Waals surface area contributed by atoms with E-state index in [-0.39, 0.29) is 0 Å². The van der Waals surface area contributed by atoms with Gasteiger partial charge in [0.15, 0.2) is 0 Å². The number of nitrogens with zero attached hydrogens (tertiary/aromatic N) is 1. The highest BCUT2D eigenvalue weighted by atomic mass is 35.5. The molecule has 1 unspecified atom stereocenters. The monoisotopic (exact) mass is 269 g/mol. The van der Waals surface area contributed by atoms with Crippen molar-refractivity contribution in [2.75, 3.05) is 7.11 Å². The average molecular weight is 270 g/mol. The van der Waals surface area contributed by atoms with Gasteiger partial charge in [-0.05, 0) is 17.7 Å². The molecule has 0 radical (unpaired) electrons. The number of hydrogen-bond acceptors (Lipinski definition) is 4. The first-order chi connectivity index (χ1) is 8.19. The molecular weight excluding hydrogens is 258 g/mol. The zero-order valence-corrected chi connectivity index (χ0v) is 10.8. The summed E-state index contributed by atoms with van der Waals surface area (Å²) < 4.78 is 5.66. The topological polar surface area (TPSA) is 42.4 Å². The zero-order chi connectivity index (χ0) is 12.3. The molecule has 1 atom stereocenters. The van der Waals surface area contributed by atoms with Gasteiger partial charge in [-0.25, -0.2) is 4.98 Å². The summed E-state index contributed by atoms with van der Waals surface area (Å²) in [5.74, 6) is 0.572. The number of thiophene rings is 1. The molecule has 0 aliphatic carbocycles. The third-order valence-electron chi connectivity index (χ3n) is 2.36. The van der Waals surface area contributed by atoms with Crippen molar-refractivity contribution in [3.05, 3.63) is 45.2 Å². The summed E-state index contributed by atoms with van der Waals surface area (Å²) in [6.07, 6.45) is 1.69. The molecule has 0 aromatic carbocycles. The van der Waals surface area contributed by atoms with Gasteiger partial charge < -0.3 is 9.84 Å². The smallest absolute Gasteiger partial charge is 0.212 e. The third kappa shape index (κ3) is 3.19. The fourth-order valence-electron chi connectivity index (χ4n) is 1.48. The predicted molar refractivity (Wildman–Crippen MR) is 68.8 cm³/mol. The molecule has 2 aromatic heterocycles. The van der Waals surface area contributed by atoms with E-state index in [1.165, 1.54) is 11.3 Å². The number of halogens is 1. The van der Waals surface area contributed by atoms with Crippen LogP contribution in [0, 0.1) is 0 Å². The first kappa shape index (κ1) is 12.4. The van der Waals surface area contributed by atoms with Crippen LogP contribution in [0.4, 0.5) is 0 Å². The highest BCUT2D eigenvalue weighted by molar-refractivity contribution is 7.16. The van der Waals surface area contributed by atoms with Crippen molar-refractivity contribution in [1.82, 2.24) is 4.98 Å². The first-order valence-corrected chi connectivity index (χ1v) is 6.30. The highest BCUT2D eigenvalue weighted by Gasteiger charge is 2.11. The molecule has 0 bridgehead atoms. The van der Waals surface area contributed by atoms with Gasteiger partial charge in [-0.2, -0.15) is 0 Å². The van der Waals surface area contributed by atoms with E-state index in [4.69, 9.17) is 16.3 Å². The predicted octanol–water partition coefficient (Wildman–Crippen LogP) is 3.08. The van der Waals surface area contributed by atoms with Crippen LogP contribution < -0.4 is 4.74 Å². The van der Waals surface area contributed by atoms with Crippen LogP contribution in [0.5, 0.6) is 5.88 Å². The maximum Gasteiger partial charge on any atom is 0.212 e. The lowest BCUT2D eigenvalue weighted by molar-refractivity contribution is 0.182. The number of aliphatic hydroxyl groups excluding tert-OH is 1. The summed E-state index contributed by atoms with van der Waals surface area (Å²) in [5.41, 5.74) is 0.961. The second-order valence-electron chi connectivity index (χ2n) is 3.57. The number of ether oxygens (including phenoxy) is 1. The van der Waals surface area contributed by atoms with Crippen LogP contribution in [0.3, 0.4) is 0 Å². The van der Waals surface area contributed by atoms with Gasteiger partial charge in [0.2, 0.25) is 5.88 Å². The van der Waals surface area contributed by atoms with Crippen LogP contribution in [-0.4, -0.2) is 17.2 Å². The Labute approximate surface area is 109 Å². The molecule has 1 N–H and O–H groups in total. The molecule has 3 nitrogen and oxygen atoms in total. The van der Waals surface area contributed by atoms with E-state index in [2.05, 4.69) is 4.98 Å². The quantitative estimate of drug-likeness (QED) is 0.928. The number of pyridine rings is 1. The summed E-state index contributed by atoms with van der Waals surface area (Å²) in [6, 6.07) is 7.30. The minimum atomic E-state index is -0.539. The van der Waals surface area contributed by atoms with Crippen LogP contribution in [0.1, 0.15) is 16.5 Å². The van der Waals surface area contributed by atoms with Crippen LogP contribution in [0.15, 0.2) is 30.5 Å². The molecule has 0 saturated carbocycles. The van der Waals surface area contributed by atoms with Crippen LogP contribution in [0.2, 0.25) is 4.34 Å². The van der Waals surface area contributed by atoms with Crippen molar-refractivity contribution >= 4 is 22.9 Å². The van der Waals surface area contributed by atoms with E-state index in [1.807, 2.05) is 12.1 Å². The second-order valence-corrected chi connectivity index (χ2v) is 5.32. The van der Waals surface area contributed by atoms with Gasteiger partial charge in [-0.3, -0.25) is 0 Å². The van der Waals surface area contributed by atoms with Crippen LogP contribution in [0.25, 0.3) is 0 Å². The number of rotatable bonds is 4. The molecule has 0 saturated heterocycles. The normalized spacial score (nSPS) is 12.4. The molecule has 0 aliphatic rings. The van der Waals surface area contributed by atoms with Gasteiger partial charge in [-0.15, -0.1) is 11.3 Å². The Morgan fingerprint density at radius 1 is 1.41 bits per heavy atom. The van der Waals surface area contributed by atoms with Gasteiger partial charge >= 0.3 is 0 Å². The highest BCUT2D eigenvalue weighted by Crippen LogP contribution is 2.28. The largest absolute Gasteiger partial charge is 0.481 e. The van der Waals surface area contributed by atoms with Gasteiger partial charge in [-0.1, -0.05) is 17.7 Å². The van der Waals surface area contributed by atoms with Crippen molar-refractivity contribution in [2.24, 2.45) is 0 Å². The Morgan fingerprint density at radius 2 is 2.24 bits per heavy atom. The number of methoxy groups -OCH3 is 1. The van der Waals surface area contributed by atoms with Gasteiger partial charge in [0.05, 0.1) is 17.6 Å². The molecule has 5 heteroatoms. The van der Waals surface area contributed by atoms with Crippen molar-refractivity contribution in [2.45, 2.75) is 12.5 Å². The maximum absolute atomic E-state index is 10.0.